The van der Waals surface area contributed by atoms with Crippen molar-refractivity contribution in [3.05, 3.63) is 42.0 Å². The molecule has 0 bridgehead atoms. The second-order valence-corrected chi connectivity index (χ2v) is 3.51. The number of aliphatic hydroxyl groups excluding tert-OH is 1. The molecule has 0 saturated heterocycles. The number of phenolic OH excluding ortho intramolecular Hbond substituents is 1. The van der Waals surface area contributed by atoms with E-state index < -0.39 is 6.04 Å². The van der Waals surface area contributed by atoms with Crippen molar-refractivity contribution in [2.45, 2.75) is 6.04 Å². The SMILES string of the molecule is N[C@H](CO)c1ccc2ccccc2c1O. The van der Waals surface area contributed by atoms with Gasteiger partial charge in [0.15, 0.2) is 0 Å². The minimum Gasteiger partial charge on any atom is -0.507 e. The number of hydrogen-bond donors (Lipinski definition) is 3. The van der Waals surface area contributed by atoms with Gasteiger partial charge in [-0.1, -0.05) is 36.4 Å². The van der Waals surface area contributed by atoms with E-state index in [1.807, 2.05) is 30.3 Å². The first kappa shape index (κ1) is 9.96. The van der Waals surface area contributed by atoms with Crippen LogP contribution in [0, 0.1) is 0 Å². The van der Waals surface area contributed by atoms with Gasteiger partial charge in [-0.25, -0.2) is 0 Å². The first-order valence-corrected chi connectivity index (χ1v) is 4.81. The number of fused-ring (bicyclic) bond motifs is 1. The fourth-order valence-corrected chi connectivity index (χ4v) is 1.67. The van der Waals surface area contributed by atoms with Crippen LogP contribution in [-0.4, -0.2) is 16.8 Å². The maximum absolute atomic E-state index is 9.96. The Morgan fingerprint density at radius 2 is 1.87 bits per heavy atom. The molecule has 3 nitrogen and oxygen atoms in total. The summed E-state index contributed by atoms with van der Waals surface area (Å²) in [7, 11) is 0. The van der Waals surface area contributed by atoms with Crippen LogP contribution in [0.5, 0.6) is 5.75 Å². The third-order valence-corrected chi connectivity index (χ3v) is 2.53. The fraction of sp³-hybridized carbons (Fsp3) is 0.167. The molecule has 78 valence electrons. The Morgan fingerprint density at radius 1 is 1.13 bits per heavy atom. The minimum atomic E-state index is -0.533. The van der Waals surface area contributed by atoms with Crippen molar-refractivity contribution in [2.24, 2.45) is 5.73 Å². The lowest BCUT2D eigenvalue weighted by atomic mass is 10.0. The highest BCUT2D eigenvalue weighted by Gasteiger charge is 2.11. The average Bonchev–Trinajstić information content (AvgIpc) is 2.29. The summed E-state index contributed by atoms with van der Waals surface area (Å²) in [5, 5.41) is 20.6. The van der Waals surface area contributed by atoms with Crippen molar-refractivity contribution in [1.29, 1.82) is 0 Å². The first-order chi connectivity index (χ1) is 7.24. The molecule has 0 fully saturated rings. The lowest BCUT2D eigenvalue weighted by molar-refractivity contribution is 0.265. The molecule has 0 aliphatic carbocycles. The Bertz CT molecular complexity index is 482. The van der Waals surface area contributed by atoms with E-state index in [1.54, 1.807) is 6.07 Å². The molecule has 0 aromatic heterocycles. The predicted molar refractivity (Wildman–Crippen MR) is 59.6 cm³/mol. The van der Waals surface area contributed by atoms with E-state index in [1.165, 1.54) is 0 Å². The quantitative estimate of drug-likeness (QED) is 0.693. The summed E-state index contributed by atoms with van der Waals surface area (Å²) in [6.07, 6.45) is 0. The zero-order valence-electron chi connectivity index (χ0n) is 8.22. The van der Waals surface area contributed by atoms with Gasteiger partial charge in [-0.2, -0.15) is 0 Å². The highest BCUT2D eigenvalue weighted by atomic mass is 16.3. The maximum Gasteiger partial charge on any atom is 0.128 e. The molecule has 0 aliphatic heterocycles. The lowest BCUT2D eigenvalue weighted by Gasteiger charge is -2.12. The van der Waals surface area contributed by atoms with Crippen molar-refractivity contribution in [1.82, 2.24) is 0 Å². The number of benzene rings is 2. The normalized spacial score (nSPS) is 12.9. The van der Waals surface area contributed by atoms with Crippen molar-refractivity contribution >= 4 is 10.8 Å². The standard InChI is InChI=1S/C12H13NO2/c13-11(7-14)10-6-5-8-3-1-2-4-9(8)12(10)15/h1-6,11,14-15H,7,13H2/t11-/m1/s1. The van der Waals surface area contributed by atoms with Crippen LogP contribution in [0.2, 0.25) is 0 Å². The number of phenols is 1. The molecule has 0 amide bonds. The van der Waals surface area contributed by atoms with E-state index in [2.05, 4.69) is 0 Å². The number of rotatable bonds is 2. The van der Waals surface area contributed by atoms with Crippen molar-refractivity contribution in [3.8, 4) is 5.75 Å². The summed E-state index contributed by atoms with van der Waals surface area (Å²) < 4.78 is 0. The van der Waals surface area contributed by atoms with E-state index in [9.17, 15) is 5.11 Å². The fourth-order valence-electron chi connectivity index (χ4n) is 1.67. The van der Waals surface area contributed by atoms with E-state index in [0.717, 1.165) is 10.8 Å². The molecule has 2 aromatic rings. The van der Waals surface area contributed by atoms with E-state index in [4.69, 9.17) is 10.8 Å². The van der Waals surface area contributed by atoms with E-state index >= 15 is 0 Å². The van der Waals surface area contributed by atoms with Gasteiger partial charge in [0.05, 0.1) is 12.6 Å². The Hall–Kier alpha value is -1.58. The summed E-state index contributed by atoms with van der Waals surface area (Å²) in [5.74, 6) is 0.162. The summed E-state index contributed by atoms with van der Waals surface area (Å²) >= 11 is 0. The van der Waals surface area contributed by atoms with Gasteiger partial charge in [0.25, 0.3) is 0 Å². The first-order valence-electron chi connectivity index (χ1n) is 4.81. The smallest absolute Gasteiger partial charge is 0.128 e. The molecule has 15 heavy (non-hydrogen) atoms. The highest BCUT2D eigenvalue weighted by molar-refractivity contribution is 5.89. The molecule has 4 N–H and O–H groups in total. The van der Waals surface area contributed by atoms with E-state index in [0.29, 0.717) is 5.56 Å². The molecule has 0 spiro atoms. The second kappa shape index (κ2) is 3.88. The van der Waals surface area contributed by atoms with Gasteiger partial charge < -0.3 is 15.9 Å². The van der Waals surface area contributed by atoms with Crippen LogP contribution in [0.15, 0.2) is 36.4 Å². The molecule has 0 radical (unpaired) electrons. The van der Waals surface area contributed by atoms with Crippen molar-refractivity contribution < 1.29 is 10.2 Å². The van der Waals surface area contributed by atoms with Crippen LogP contribution < -0.4 is 5.73 Å². The lowest BCUT2D eigenvalue weighted by Crippen LogP contribution is -2.14. The summed E-state index contributed by atoms with van der Waals surface area (Å²) in [4.78, 5) is 0. The molecular weight excluding hydrogens is 190 g/mol. The van der Waals surface area contributed by atoms with Crippen LogP contribution >= 0.6 is 0 Å². The number of aliphatic hydroxyl groups is 1. The monoisotopic (exact) mass is 203 g/mol. The number of aromatic hydroxyl groups is 1. The third kappa shape index (κ3) is 1.67. The van der Waals surface area contributed by atoms with Gasteiger partial charge in [-0.05, 0) is 5.39 Å². The Labute approximate surface area is 87.8 Å². The van der Waals surface area contributed by atoms with Crippen LogP contribution in [0.4, 0.5) is 0 Å². The highest BCUT2D eigenvalue weighted by Crippen LogP contribution is 2.31. The molecule has 2 aromatic carbocycles. The van der Waals surface area contributed by atoms with E-state index in [-0.39, 0.29) is 12.4 Å². The number of nitrogens with two attached hydrogens (primary N) is 1. The molecule has 0 aliphatic rings. The predicted octanol–water partition coefficient (Wildman–Crippen LogP) is 1.54. The van der Waals surface area contributed by atoms with Gasteiger partial charge in [0.1, 0.15) is 5.75 Å². The molecule has 0 heterocycles. The Balaban J connectivity index is 2.65. The molecule has 0 saturated carbocycles. The summed E-state index contributed by atoms with van der Waals surface area (Å²) in [6, 6.07) is 10.6. The van der Waals surface area contributed by atoms with Crippen molar-refractivity contribution in [2.75, 3.05) is 6.61 Å². The maximum atomic E-state index is 9.96. The molecular formula is C12H13NO2. The van der Waals surface area contributed by atoms with Gasteiger partial charge in [0, 0.05) is 10.9 Å². The Morgan fingerprint density at radius 3 is 2.60 bits per heavy atom. The van der Waals surface area contributed by atoms with Crippen LogP contribution in [0.3, 0.4) is 0 Å². The number of hydrogen-bond acceptors (Lipinski definition) is 3. The zero-order chi connectivity index (χ0) is 10.8. The van der Waals surface area contributed by atoms with Gasteiger partial charge in [-0.3, -0.25) is 0 Å². The second-order valence-electron chi connectivity index (χ2n) is 3.51. The largest absolute Gasteiger partial charge is 0.507 e. The topological polar surface area (TPSA) is 66.5 Å². The van der Waals surface area contributed by atoms with Crippen molar-refractivity contribution in [3.63, 3.8) is 0 Å². The van der Waals surface area contributed by atoms with Crippen LogP contribution in [0.25, 0.3) is 10.8 Å². The third-order valence-electron chi connectivity index (χ3n) is 2.53. The molecule has 3 heteroatoms. The van der Waals surface area contributed by atoms with Gasteiger partial charge in [0.2, 0.25) is 0 Å². The van der Waals surface area contributed by atoms with Crippen LogP contribution in [-0.2, 0) is 0 Å². The summed E-state index contributed by atoms with van der Waals surface area (Å²) in [5.41, 5.74) is 6.26. The van der Waals surface area contributed by atoms with Gasteiger partial charge >= 0.3 is 0 Å². The molecule has 1 atom stereocenters. The average molecular weight is 203 g/mol. The zero-order valence-corrected chi connectivity index (χ0v) is 8.22. The summed E-state index contributed by atoms with van der Waals surface area (Å²) in [6.45, 7) is -0.175. The van der Waals surface area contributed by atoms with Gasteiger partial charge in [-0.15, -0.1) is 0 Å². The molecule has 0 unspecified atom stereocenters. The molecule has 2 rings (SSSR count). The Kier molecular flexibility index (Phi) is 2.58. The minimum absolute atomic E-state index is 0.162. The van der Waals surface area contributed by atoms with Crippen LogP contribution in [0.1, 0.15) is 11.6 Å².